The van der Waals surface area contributed by atoms with Gasteiger partial charge in [-0.2, -0.15) is 5.01 Å². The number of fused-ring (bicyclic) bond motifs is 1. The molecule has 7 nitrogen and oxygen atoms in total. The second-order valence-corrected chi connectivity index (χ2v) is 11.7. The van der Waals surface area contributed by atoms with Gasteiger partial charge >= 0.3 is 0 Å². The number of hydrogen-bond donors (Lipinski definition) is 0. The Morgan fingerprint density at radius 1 is 0.784 bits per heavy atom. The Morgan fingerprint density at radius 3 is 2.00 bits per heavy atom. The summed E-state index contributed by atoms with van der Waals surface area (Å²) in [4.78, 5) is 42.2. The molecule has 0 radical (unpaired) electrons. The molecule has 2 heterocycles. The van der Waals surface area contributed by atoms with Gasteiger partial charge in [-0.25, -0.2) is 0 Å². The first-order valence-corrected chi connectivity index (χ1v) is 14.3. The van der Waals surface area contributed by atoms with E-state index >= 15 is 0 Å². The number of halogens is 4. The smallest absolute Gasteiger partial charge is 0.273 e. The first-order valence-electron chi connectivity index (χ1n) is 10.7. The van der Waals surface area contributed by atoms with Gasteiger partial charge in [0.05, 0.1) is 11.1 Å². The summed E-state index contributed by atoms with van der Waals surface area (Å²) in [6.45, 7) is 1.97. The van der Waals surface area contributed by atoms with Crippen LogP contribution < -0.4 is 15.5 Å². The Labute approximate surface area is 249 Å². The van der Waals surface area contributed by atoms with Crippen LogP contribution in [0, 0.1) is 6.92 Å². The van der Waals surface area contributed by atoms with Gasteiger partial charge in [-0.3, -0.25) is 19.3 Å². The average Bonchev–Trinajstić information content (AvgIpc) is 2.87. The molecule has 1 aliphatic rings. The fourth-order valence-corrected chi connectivity index (χ4v) is 6.87. The number of hydrogen-bond acceptors (Lipinski definition) is 5. The second kappa shape index (κ2) is 10.1. The van der Waals surface area contributed by atoms with Gasteiger partial charge in [0.25, 0.3) is 11.5 Å². The first-order chi connectivity index (χ1) is 17.6. The molecule has 1 aliphatic heterocycles. The normalized spacial score (nSPS) is 14.1. The lowest BCUT2D eigenvalue weighted by Crippen LogP contribution is -2.62. The molecule has 0 unspecified atom stereocenters. The van der Waals surface area contributed by atoms with E-state index in [2.05, 4.69) is 68.8 Å². The quantitative estimate of drug-likeness (QED) is 0.102. The molecule has 2 amide bonds. The molecule has 12 heteroatoms. The topological polar surface area (TPSA) is 75.5 Å². The van der Waals surface area contributed by atoms with E-state index in [-0.39, 0.29) is 10.5 Å². The minimum atomic E-state index is -0.655. The number of benzene rings is 3. The van der Waals surface area contributed by atoms with Crippen molar-refractivity contribution in [3.05, 3.63) is 88.4 Å². The molecule has 186 valence electrons. The zero-order chi connectivity index (χ0) is 26.6. The van der Waals surface area contributed by atoms with E-state index in [0.29, 0.717) is 34.7 Å². The number of carbonyl (C=O) groups excluding carboxylic acids is 2. The van der Waals surface area contributed by atoms with Crippen LogP contribution in [0.1, 0.15) is 12.0 Å². The van der Waals surface area contributed by atoms with E-state index in [9.17, 15) is 14.4 Å². The molecule has 0 spiro atoms. The summed E-state index contributed by atoms with van der Waals surface area (Å²) in [5.41, 5.74) is 2.10. The van der Waals surface area contributed by atoms with E-state index in [0.717, 1.165) is 20.9 Å². The van der Waals surface area contributed by atoms with Crippen LogP contribution in [-0.4, -0.2) is 26.8 Å². The van der Waals surface area contributed by atoms with E-state index in [1.807, 2.05) is 31.2 Å². The lowest BCUT2D eigenvalue weighted by Gasteiger charge is -2.35. The highest BCUT2D eigenvalue weighted by Gasteiger charge is 2.39. The highest BCUT2D eigenvalue weighted by Crippen LogP contribution is 2.45. The summed E-state index contributed by atoms with van der Waals surface area (Å²) in [5.74, 6) is -1.14. The van der Waals surface area contributed by atoms with Crippen LogP contribution in [0.4, 0.5) is 5.69 Å². The van der Waals surface area contributed by atoms with Crippen molar-refractivity contribution in [3.8, 4) is 11.3 Å². The predicted molar refractivity (Wildman–Crippen MR) is 161 cm³/mol. The minimum Gasteiger partial charge on any atom is -0.273 e. The molecule has 1 fully saturated rings. The predicted octanol–water partition coefficient (Wildman–Crippen LogP) is 6.61. The van der Waals surface area contributed by atoms with E-state index < -0.39 is 23.8 Å². The summed E-state index contributed by atoms with van der Waals surface area (Å²) in [5, 5.41) is 6.28. The van der Waals surface area contributed by atoms with Crippen LogP contribution in [-0.2, 0) is 9.59 Å². The zero-order valence-electron chi connectivity index (χ0n) is 18.8. The molecule has 0 saturated carbocycles. The second-order valence-electron chi connectivity index (χ2n) is 8.14. The van der Waals surface area contributed by atoms with Crippen molar-refractivity contribution in [1.29, 1.82) is 0 Å². The third-order valence-corrected chi connectivity index (χ3v) is 10.9. The number of amides is 2. The van der Waals surface area contributed by atoms with Crippen LogP contribution in [0.3, 0.4) is 0 Å². The summed E-state index contributed by atoms with van der Waals surface area (Å²) in [6, 6.07) is 16.4. The monoisotopic (exact) mass is 766 g/mol. The maximum Gasteiger partial charge on any atom is 0.296 e. The highest BCUT2D eigenvalue weighted by atomic mass is 79.9. The van der Waals surface area contributed by atoms with Gasteiger partial charge in [0.2, 0.25) is 11.0 Å². The van der Waals surface area contributed by atoms with Gasteiger partial charge in [-0.1, -0.05) is 48.0 Å². The molecule has 0 atom stereocenters. The van der Waals surface area contributed by atoms with E-state index in [1.54, 1.807) is 30.3 Å². The fraction of sp³-hybridized carbons (Fsp3) is 0.0800. The Kier molecular flexibility index (Phi) is 7.22. The lowest BCUT2D eigenvalue weighted by atomic mass is 10.0. The van der Waals surface area contributed by atoms with Crippen molar-refractivity contribution in [2.24, 2.45) is 0 Å². The summed E-state index contributed by atoms with van der Waals surface area (Å²) in [7, 11) is 0. The Hall–Kier alpha value is -2.25. The van der Waals surface area contributed by atoms with Crippen LogP contribution in [0.5, 0.6) is 0 Å². The van der Waals surface area contributed by atoms with Crippen molar-refractivity contribution in [3.63, 3.8) is 0 Å². The van der Waals surface area contributed by atoms with Gasteiger partial charge in [-0.15, -0.1) is 9.89 Å². The molecule has 4 aromatic rings. The summed E-state index contributed by atoms with van der Waals surface area (Å²) in [6.07, 6.45) is -0.476. The first kappa shape index (κ1) is 26.4. The van der Waals surface area contributed by atoms with Crippen molar-refractivity contribution in [2.75, 3.05) is 9.91 Å². The molecule has 0 aliphatic carbocycles. The van der Waals surface area contributed by atoms with Crippen LogP contribution in [0.15, 0.2) is 77.3 Å². The molecule has 1 aromatic heterocycles. The zero-order valence-corrected chi connectivity index (χ0v) is 26.0. The SMILES string of the molecule is Cc1ccc(-c2nn(N3C(=O)CC(=O)N(c4ccccc4)C3=S)c(=O)c3c(Br)c(Br)c(Br)c(Br)c23)cc1. The number of aromatic nitrogens is 2. The summed E-state index contributed by atoms with van der Waals surface area (Å²) >= 11 is 19.8. The maximum absolute atomic E-state index is 14.0. The van der Waals surface area contributed by atoms with Crippen molar-refractivity contribution < 1.29 is 9.59 Å². The van der Waals surface area contributed by atoms with Crippen molar-refractivity contribution in [1.82, 2.24) is 9.89 Å². The number of nitrogens with zero attached hydrogens (tertiary/aromatic N) is 4. The molecule has 5 rings (SSSR count). The molecule has 0 bridgehead atoms. The van der Waals surface area contributed by atoms with Crippen LogP contribution in [0.2, 0.25) is 0 Å². The third-order valence-electron chi connectivity index (χ3n) is 5.78. The van der Waals surface area contributed by atoms with E-state index in [1.165, 1.54) is 4.90 Å². The number of rotatable bonds is 3. The highest BCUT2D eigenvalue weighted by molar-refractivity contribution is 9.15. The lowest BCUT2D eigenvalue weighted by molar-refractivity contribution is -0.127. The van der Waals surface area contributed by atoms with Crippen molar-refractivity contribution in [2.45, 2.75) is 13.3 Å². The average molecular weight is 770 g/mol. The number of aryl methyl sites for hydroxylation is 1. The van der Waals surface area contributed by atoms with Gasteiger partial charge in [0, 0.05) is 28.8 Å². The number of para-hydroxylation sites is 1. The van der Waals surface area contributed by atoms with E-state index in [4.69, 9.17) is 12.2 Å². The van der Waals surface area contributed by atoms with Gasteiger partial charge in [-0.05, 0) is 95.0 Å². The maximum atomic E-state index is 14.0. The fourth-order valence-electron chi connectivity index (χ4n) is 4.00. The van der Waals surface area contributed by atoms with Crippen molar-refractivity contribution >= 4 is 109 Å². The van der Waals surface area contributed by atoms with Gasteiger partial charge in [0.1, 0.15) is 12.1 Å². The number of anilines is 1. The largest absolute Gasteiger partial charge is 0.296 e. The molecule has 0 N–H and O–H groups in total. The molecule has 37 heavy (non-hydrogen) atoms. The Balaban J connectivity index is 1.83. The molecular weight excluding hydrogens is 756 g/mol. The Bertz CT molecular complexity index is 1690. The standard InChI is InChI=1S/C25H14Br4N4O3S/c1-12-7-9-13(10-8-12)23-17-18(20(27)22(29)21(28)19(17)26)24(36)33(30-23)32-16(35)11-15(34)31(25(32)37)14-5-3-2-4-6-14/h2-10H,11H2,1H3. The number of thiocarbonyl (C=S) groups is 1. The van der Waals surface area contributed by atoms with Crippen LogP contribution in [0.25, 0.3) is 22.0 Å². The molecule has 1 saturated heterocycles. The molecule has 3 aromatic carbocycles. The van der Waals surface area contributed by atoms with Crippen LogP contribution >= 0.6 is 75.9 Å². The minimum absolute atomic E-state index is 0.164. The number of carbonyl (C=O) groups is 2. The third kappa shape index (κ3) is 4.42. The summed E-state index contributed by atoms with van der Waals surface area (Å²) < 4.78 is 2.37. The molecular formula is C25H14Br4N4O3S. The Morgan fingerprint density at radius 2 is 1.38 bits per heavy atom. The van der Waals surface area contributed by atoms with Gasteiger partial charge in [0.15, 0.2) is 0 Å². The van der Waals surface area contributed by atoms with Gasteiger partial charge < -0.3 is 0 Å².